The van der Waals surface area contributed by atoms with E-state index >= 15 is 0 Å². The van der Waals surface area contributed by atoms with Gasteiger partial charge in [0.05, 0.1) is 30.9 Å². The van der Waals surface area contributed by atoms with Gasteiger partial charge in [-0.25, -0.2) is 14.6 Å². The van der Waals surface area contributed by atoms with Gasteiger partial charge in [0.1, 0.15) is 5.65 Å². The molecule has 3 aromatic rings. The first-order chi connectivity index (χ1) is 10.6. The highest BCUT2D eigenvalue weighted by Crippen LogP contribution is 2.31. The second-order valence-corrected chi connectivity index (χ2v) is 4.80. The van der Waals surface area contributed by atoms with Crippen LogP contribution in [0.15, 0.2) is 30.5 Å². The van der Waals surface area contributed by atoms with Crippen LogP contribution in [-0.2, 0) is 16.5 Å². The molecule has 0 atom stereocenters. The number of aromatic nitrogens is 2. The largest absolute Gasteiger partial charge is 0.465 e. The van der Waals surface area contributed by atoms with Gasteiger partial charge < -0.3 is 14.0 Å². The van der Waals surface area contributed by atoms with E-state index in [1.807, 2.05) is 12.1 Å². The number of carbonyl (C=O) groups is 2. The lowest BCUT2D eigenvalue weighted by Crippen LogP contribution is -2.13. The van der Waals surface area contributed by atoms with Crippen molar-refractivity contribution < 1.29 is 19.1 Å². The summed E-state index contributed by atoms with van der Waals surface area (Å²) in [5.74, 6) is -1.17. The molecule has 112 valence electrons. The Bertz CT molecular complexity index is 911. The lowest BCUT2D eigenvalue weighted by atomic mass is 10.0. The zero-order valence-electron chi connectivity index (χ0n) is 12.4. The zero-order chi connectivity index (χ0) is 15.9. The van der Waals surface area contributed by atoms with Gasteiger partial charge in [0.2, 0.25) is 0 Å². The van der Waals surface area contributed by atoms with Crippen molar-refractivity contribution in [3.63, 3.8) is 0 Å². The third-order valence-corrected chi connectivity index (χ3v) is 3.70. The Morgan fingerprint density at radius 3 is 2.45 bits per heavy atom. The van der Waals surface area contributed by atoms with Gasteiger partial charge in [0, 0.05) is 24.0 Å². The summed E-state index contributed by atoms with van der Waals surface area (Å²) in [6.45, 7) is 0. The summed E-state index contributed by atoms with van der Waals surface area (Å²) >= 11 is 0. The lowest BCUT2D eigenvalue weighted by Gasteiger charge is -2.09. The van der Waals surface area contributed by atoms with Crippen LogP contribution >= 0.6 is 0 Å². The van der Waals surface area contributed by atoms with E-state index in [2.05, 4.69) is 4.98 Å². The van der Waals surface area contributed by atoms with Crippen molar-refractivity contribution in [3.05, 3.63) is 41.6 Å². The van der Waals surface area contributed by atoms with Crippen LogP contribution < -0.4 is 0 Å². The fourth-order valence-electron chi connectivity index (χ4n) is 2.73. The van der Waals surface area contributed by atoms with E-state index in [1.165, 1.54) is 14.2 Å². The van der Waals surface area contributed by atoms with E-state index in [0.717, 1.165) is 16.4 Å². The lowest BCUT2D eigenvalue weighted by molar-refractivity contribution is 0.0557. The molecule has 2 aromatic heterocycles. The summed E-state index contributed by atoms with van der Waals surface area (Å²) in [7, 11) is 4.35. The summed E-state index contributed by atoms with van der Waals surface area (Å²) in [6.07, 6.45) is 1.68. The minimum absolute atomic E-state index is 0.174. The molecule has 2 heterocycles. The molecular formula is C16H14N2O4. The Labute approximate surface area is 126 Å². The Morgan fingerprint density at radius 2 is 1.77 bits per heavy atom. The normalized spacial score (nSPS) is 10.9. The maximum absolute atomic E-state index is 12.2. The number of hydrogen-bond donors (Lipinski definition) is 0. The van der Waals surface area contributed by atoms with Crippen LogP contribution in [-0.4, -0.2) is 35.7 Å². The number of ether oxygens (including phenoxy) is 2. The van der Waals surface area contributed by atoms with Crippen LogP contribution in [0.4, 0.5) is 0 Å². The van der Waals surface area contributed by atoms with E-state index in [9.17, 15) is 9.59 Å². The average molecular weight is 298 g/mol. The molecule has 1 aromatic carbocycles. The Kier molecular flexibility index (Phi) is 3.29. The summed E-state index contributed by atoms with van der Waals surface area (Å²) in [5.41, 5.74) is 1.69. The topological polar surface area (TPSA) is 70.4 Å². The third kappa shape index (κ3) is 1.84. The van der Waals surface area contributed by atoms with Crippen LogP contribution in [0.1, 0.15) is 20.7 Å². The smallest absolute Gasteiger partial charge is 0.340 e. The summed E-state index contributed by atoms with van der Waals surface area (Å²) < 4.78 is 11.4. The number of rotatable bonds is 2. The molecule has 0 saturated heterocycles. The molecule has 0 amide bonds. The number of methoxy groups -OCH3 is 2. The maximum atomic E-state index is 12.2. The molecule has 0 aliphatic heterocycles. The fraction of sp³-hybridized carbons (Fsp3) is 0.188. The number of esters is 2. The molecule has 3 rings (SSSR count). The van der Waals surface area contributed by atoms with Gasteiger partial charge in [-0.2, -0.15) is 0 Å². The van der Waals surface area contributed by atoms with E-state index < -0.39 is 11.9 Å². The van der Waals surface area contributed by atoms with E-state index in [-0.39, 0.29) is 11.1 Å². The fourth-order valence-corrected chi connectivity index (χ4v) is 2.73. The van der Waals surface area contributed by atoms with Crippen LogP contribution in [0.25, 0.3) is 21.9 Å². The van der Waals surface area contributed by atoms with Crippen molar-refractivity contribution in [3.8, 4) is 0 Å². The highest BCUT2D eigenvalue weighted by molar-refractivity contribution is 6.18. The molecule has 6 nitrogen and oxygen atoms in total. The standard InChI is InChI=1S/C16H14N2O4/c1-18-13-9(10-5-4-8-17-14(10)18)6-7-11(15(19)21-2)12(13)16(20)22-3/h4-8H,1-3H3. The van der Waals surface area contributed by atoms with Crippen molar-refractivity contribution in [1.82, 2.24) is 9.55 Å². The van der Waals surface area contributed by atoms with Crippen LogP contribution in [0.3, 0.4) is 0 Å². The molecule has 0 fully saturated rings. The zero-order valence-corrected chi connectivity index (χ0v) is 12.4. The van der Waals surface area contributed by atoms with Gasteiger partial charge in [-0.15, -0.1) is 0 Å². The minimum atomic E-state index is -0.586. The third-order valence-electron chi connectivity index (χ3n) is 3.70. The number of carbonyl (C=O) groups excluding carboxylic acids is 2. The van der Waals surface area contributed by atoms with Crippen LogP contribution in [0.2, 0.25) is 0 Å². The van der Waals surface area contributed by atoms with Gasteiger partial charge in [0.25, 0.3) is 0 Å². The molecule has 0 saturated carbocycles. The number of aryl methyl sites for hydroxylation is 1. The van der Waals surface area contributed by atoms with Gasteiger partial charge >= 0.3 is 11.9 Å². The molecule has 0 radical (unpaired) electrons. The van der Waals surface area contributed by atoms with Crippen molar-refractivity contribution in [2.75, 3.05) is 14.2 Å². The molecule has 0 aliphatic carbocycles. The Hall–Kier alpha value is -2.89. The first-order valence-corrected chi connectivity index (χ1v) is 6.63. The first-order valence-electron chi connectivity index (χ1n) is 6.63. The number of pyridine rings is 1. The molecule has 0 unspecified atom stereocenters. The van der Waals surface area contributed by atoms with Crippen molar-refractivity contribution in [1.29, 1.82) is 0 Å². The summed E-state index contributed by atoms with van der Waals surface area (Å²) in [4.78, 5) is 28.5. The van der Waals surface area contributed by atoms with Crippen molar-refractivity contribution in [2.45, 2.75) is 0 Å². The van der Waals surface area contributed by atoms with Gasteiger partial charge in [-0.05, 0) is 18.2 Å². The number of benzene rings is 1. The summed E-state index contributed by atoms with van der Waals surface area (Å²) in [5, 5.41) is 1.74. The Balaban J connectivity index is 2.51. The second kappa shape index (κ2) is 5.14. The van der Waals surface area contributed by atoms with E-state index in [4.69, 9.17) is 9.47 Å². The summed E-state index contributed by atoms with van der Waals surface area (Å²) in [6, 6.07) is 7.11. The van der Waals surface area contributed by atoms with E-state index in [1.54, 1.807) is 29.9 Å². The number of fused-ring (bicyclic) bond motifs is 3. The molecule has 0 spiro atoms. The van der Waals surface area contributed by atoms with Crippen LogP contribution in [0, 0.1) is 0 Å². The average Bonchev–Trinajstić information content (AvgIpc) is 2.86. The van der Waals surface area contributed by atoms with Crippen molar-refractivity contribution in [2.24, 2.45) is 7.05 Å². The first kappa shape index (κ1) is 14.1. The molecule has 0 aliphatic rings. The van der Waals surface area contributed by atoms with Gasteiger partial charge in [-0.1, -0.05) is 6.07 Å². The predicted molar refractivity (Wildman–Crippen MR) is 80.9 cm³/mol. The second-order valence-electron chi connectivity index (χ2n) is 4.80. The SMILES string of the molecule is COC(=O)c1ccc2c3cccnc3n(C)c2c1C(=O)OC. The minimum Gasteiger partial charge on any atom is -0.465 e. The molecule has 22 heavy (non-hydrogen) atoms. The highest BCUT2D eigenvalue weighted by atomic mass is 16.5. The maximum Gasteiger partial charge on any atom is 0.340 e. The molecule has 0 bridgehead atoms. The molecule has 6 heteroatoms. The van der Waals surface area contributed by atoms with Crippen molar-refractivity contribution >= 4 is 33.9 Å². The van der Waals surface area contributed by atoms with Crippen LogP contribution in [0.5, 0.6) is 0 Å². The molecular weight excluding hydrogens is 284 g/mol. The quantitative estimate of drug-likeness (QED) is 0.679. The monoisotopic (exact) mass is 298 g/mol. The highest BCUT2D eigenvalue weighted by Gasteiger charge is 2.25. The number of nitrogens with zero attached hydrogens (tertiary/aromatic N) is 2. The van der Waals surface area contributed by atoms with E-state index in [0.29, 0.717) is 5.52 Å². The number of hydrogen-bond acceptors (Lipinski definition) is 5. The Morgan fingerprint density at radius 1 is 1.05 bits per heavy atom. The van der Waals surface area contributed by atoms with Gasteiger partial charge in [-0.3, -0.25) is 0 Å². The molecule has 0 N–H and O–H groups in total. The predicted octanol–water partition coefficient (Wildman–Crippen LogP) is 2.30. The van der Waals surface area contributed by atoms with Gasteiger partial charge in [0.15, 0.2) is 0 Å².